The Morgan fingerprint density at radius 3 is 2.67 bits per heavy atom. The molecule has 0 aliphatic carbocycles. The zero-order chi connectivity index (χ0) is 7.40. The number of nitrogens with zero attached hydrogens (tertiary/aromatic N) is 1. The van der Waals surface area contributed by atoms with Gasteiger partial charge in [-0.25, -0.2) is 0 Å². The van der Waals surface area contributed by atoms with Crippen molar-refractivity contribution in [1.82, 2.24) is 10.2 Å². The van der Waals surface area contributed by atoms with Gasteiger partial charge in [-0.3, -0.25) is 0 Å². The Bertz CT molecular complexity index is 101. The quantitative estimate of drug-likeness (QED) is 0.713. The van der Waals surface area contributed by atoms with Gasteiger partial charge in [0, 0.05) is 12.6 Å². The molecule has 1 saturated heterocycles. The molecule has 1 unspecified atom stereocenters. The number of likely N-dealkylation sites (N-methyl/N-ethyl adjacent to an activating group) is 1. The summed E-state index contributed by atoms with van der Waals surface area (Å²) in [6.45, 7) is 5.92. The van der Waals surface area contributed by atoms with Crippen molar-refractivity contribution in [1.29, 1.82) is 0 Å². The predicted molar refractivity (Wildman–Crippen MR) is 58.7 cm³/mol. The van der Waals surface area contributed by atoms with Crippen molar-refractivity contribution in [2.75, 3.05) is 26.7 Å². The second-order valence-electron chi connectivity index (χ2n) is 3.18. The van der Waals surface area contributed by atoms with Crippen LogP contribution in [0.5, 0.6) is 0 Å². The third-order valence-corrected chi connectivity index (χ3v) is 2.17. The first-order chi connectivity index (χ1) is 4.83. The van der Waals surface area contributed by atoms with E-state index in [-0.39, 0.29) is 24.8 Å². The molecule has 0 bridgehead atoms. The van der Waals surface area contributed by atoms with Gasteiger partial charge in [-0.1, -0.05) is 6.92 Å². The summed E-state index contributed by atoms with van der Waals surface area (Å²) < 4.78 is 0. The van der Waals surface area contributed by atoms with Crippen molar-refractivity contribution in [3.8, 4) is 0 Å². The molecule has 0 spiro atoms. The number of halogens is 2. The highest BCUT2D eigenvalue weighted by atomic mass is 35.5. The van der Waals surface area contributed by atoms with Gasteiger partial charge in [0.15, 0.2) is 0 Å². The molecule has 0 saturated carbocycles. The van der Waals surface area contributed by atoms with Crippen LogP contribution in [-0.2, 0) is 0 Å². The molecule has 1 heterocycles. The number of hydrogen-bond donors (Lipinski definition) is 1. The maximum absolute atomic E-state index is 3.52. The molecule has 1 aliphatic rings. The first kappa shape index (κ1) is 15.0. The molecular formula is C8H20Cl2N2. The summed E-state index contributed by atoms with van der Waals surface area (Å²) in [7, 11) is 2.20. The normalized spacial score (nSPS) is 25.0. The minimum absolute atomic E-state index is 0. The first-order valence-electron chi connectivity index (χ1n) is 4.25. The number of hydrogen-bond acceptors (Lipinski definition) is 2. The average molecular weight is 215 g/mol. The maximum Gasteiger partial charge on any atom is 0.0192 e. The van der Waals surface area contributed by atoms with Gasteiger partial charge in [0.05, 0.1) is 0 Å². The molecule has 0 aromatic rings. The van der Waals surface area contributed by atoms with E-state index in [1.54, 1.807) is 0 Å². The lowest BCUT2D eigenvalue weighted by atomic mass is 10.2. The van der Waals surface area contributed by atoms with Gasteiger partial charge in [0.25, 0.3) is 0 Å². The summed E-state index contributed by atoms with van der Waals surface area (Å²) >= 11 is 0. The molecule has 76 valence electrons. The highest BCUT2D eigenvalue weighted by Crippen LogP contribution is 1.99. The molecule has 4 heteroatoms. The summed E-state index contributed by atoms with van der Waals surface area (Å²) in [6, 6.07) is 0.729. The van der Waals surface area contributed by atoms with Crippen LogP contribution in [0.15, 0.2) is 0 Å². The Morgan fingerprint density at radius 1 is 1.42 bits per heavy atom. The van der Waals surface area contributed by atoms with Crippen LogP contribution in [0.1, 0.15) is 19.8 Å². The van der Waals surface area contributed by atoms with Gasteiger partial charge in [-0.05, 0) is 33.0 Å². The highest BCUT2D eigenvalue weighted by molar-refractivity contribution is 5.85. The largest absolute Gasteiger partial charge is 0.313 e. The molecule has 0 aromatic heterocycles. The molecule has 1 aliphatic heterocycles. The summed E-state index contributed by atoms with van der Waals surface area (Å²) in [4.78, 5) is 2.41. The van der Waals surface area contributed by atoms with Crippen LogP contribution >= 0.6 is 24.8 Å². The molecule has 12 heavy (non-hydrogen) atoms. The average Bonchev–Trinajstić information content (AvgIpc) is 2.13. The van der Waals surface area contributed by atoms with Crippen molar-refractivity contribution >= 4 is 24.8 Å². The Kier molecular flexibility index (Phi) is 10.1. The van der Waals surface area contributed by atoms with Crippen molar-refractivity contribution < 1.29 is 0 Å². The van der Waals surface area contributed by atoms with Gasteiger partial charge in [0.1, 0.15) is 0 Å². The van der Waals surface area contributed by atoms with Crippen molar-refractivity contribution in [3.63, 3.8) is 0 Å². The van der Waals surface area contributed by atoms with E-state index < -0.39 is 0 Å². The van der Waals surface area contributed by atoms with Crippen LogP contribution in [0.3, 0.4) is 0 Å². The molecule has 0 radical (unpaired) electrons. The smallest absolute Gasteiger partial charge is 0.0192 e. The monoisotopic (exact) mass is 214 g/mol. The third-order valence-electron chi connectivity index (χ3n) is 2.17. The molecule has 0 aromatic carbocycles. The van der Waals surface area contributed by atoms with Crippen LogP contribution in [-0.4, -0.2) is 37.6 Å². The fraction of sp³-hybridized carbons (Fsp3) is 1.00. The van der Waals surface area contributed by atoms with Crippen molar-refractivity contribution in [3.05, 3.63) is 0 Å². The minimum Gasteiger partial charge on any atom is -0.313 e. The van der Waals surface area contributed by atoms with Crippen molar-refractivity contribution in [2.24, 2.45) is 0 Å². The van der Waals surface area contributed by atoms with Gasteiger partial charge in [-0.2, -0.15) is 0 Å². The molecule has 1 atom stereocenters. The second kappa shape index (κ2) is 8.11. The summed E-state index contributed by atoms with van der Waals surface area (Å²) in [5, 5.41) is 3.52. The molecular weight excluding hydrogens is 195 g/mol. The lowest BCUT2D eigenvalue weighted by molar-refractivity contribution is 0.320. The maximum atomic E-state index is 3.52. The third kappa shape index (κ3) is 5.20. The Morgan fingerprint density at radius 2 is 2.08 bits per heavy atom. The predicted octanol–water partition coefficient (Wildman–Crippen LogP) is 1.53. The van der Waals surface area contributed by atoms with E-state index >= 15 is 0 Å². The second-order valence-corrected chi connectivity index (χ2v) is 3.18. The molecule has 0 amide bonds. The Balaban J connectivity index is 0. The van der Waals surface area contributed by atoms with E-state index in [9.17, 15) is 0 Å². The van der Waals surface area contributed by atoms with Crippen LogP contribution in [0.4, 0.5) is 0 Å². The Labute approximate surface area is 87.9 Å². The van der Waals surface area contributed by atoms with E-state index in [1.165, 1.54) is 32.5 Å². The number of nitrogens with one attached hydrogen (secondary N) is 1. The topological polar surface area (TPSA) is 15.3 Å². The van der Waals surface area contributed by atoms with Crippen LogP contribution < -0.4 is 5.32 Å². The van der Waals surface area contributed by atoms with Gasteiger partial charge >= 0.3 is 0 Å². The fourth-order valence-corrected chi connectivity index (χ4v) is 1.46. The molecule has 1 N–H and O–H groups in total. The number of rotatable bonds is 1. The Hall–Kier alpha value is 0.500. The van der Waals surface area contributed by atoms with Crippen molar-refractivity contribution in [2.45, 2.75) is 25.8 Å². The van der Waals surface area contributed by atoms with E-state index in [4.69, 9.17) is 0 Å². The van der Waals surface area contributed by atoms with Crippen LogP contribution in [0.25, 0.3) is 0 Å². The fourth-order valence-electron chi connectivity index (χ4n) is 1.46. The lowest BCUT2D eigenvalue weighted by Gasteiger charge is -2.18. The first-order valence-corrected chi connectivity index (χ1v) is 4.25. The van der Waals surface area contributed by atoms with Gasteiger partial charge < -0.3 is 10.2 Å². The van der Waals surface area contributed by atoms with Crippen LogP contribution in [0, 0.1) is 0 Å². The van der Waals surface area contributed by atoms with Crippen LogP contribution in [0.2, 0.25) is 0 Å². The zero-order valence-electron chi connectivity index (χ0n) is 7.88. The SMILES string of the molecule is CCC1CN(C)CCCN1.Cl.Cl. The van der Waals surface area contributed by atoms with E-state index in [0.717, 1.165) is 6.04 Å². The lowest BCUT2D eigenvalue weighted by Crippen LogP contribution is -2.35. The highest BCUT2D eigenvalue weighted by Gasteiger charge is 2.11. The zero-order valence-corrected chi connectivity index (χ0v) is 9.51. The summed E-state index contributed by atoms with van der Waals surface area (Å²) in [5.41, 5.74) is 0. The minimum atomic E-state index is 0. The summed E-state index contributed by atoms with van der Waals surface area (Å²) in [5.74, 6) is 0. The van der Waals surface area contributed by atoms with E-state index in [2.05, 4.69) is 24.2 Å². The van der Waals surface area contributed by atoms with E-state index in [1.807, 2.05) is 0 Å². The van der Waals surface area contributed by atoms with Gasteiger partial charge in [0.2, 0.25) is 0 Å². The summed E-state index contributed by atoms with van der Waals surface area (Å²) in [6.07, 6.45) is 2.55. The standard InChI is InChI=1S/C8H18N2.2ClH/c1-3-8-7-10(2)6-4-5-9-8;;/h8-9H,3-7H2,1-2H3;2*1H. The molecule has 2 nitrogen and oxygen atoms in total. The van der Waals surface area contributed by atoms with E-state index in [0.29, 0.717) is 0 Å². The molecule has 1 fully saturated rings. The molecule has 1 rings (SSSR count). The van der Waals surface area contributed by atoms with Gasteiger partial charge in [-0.15, -0.1) is 24.8 Å².